The molecule has 4 nitrogen and oxygen atoms in total. The highest BCUT2D eigenvalue weighted by atomic mass is 16.6. The van der Waals surface area contributed by atoms with Crippen LogP contribution >= 0.6 is 0 Å². The molecule has 1 fully saturated rings. The van der Waals surface area contributed by atoms with E-state index in [2.05, 4.69) is 4.90 Å². The second kappa shape index (κ2) is 5.68. The minimum atomic E-state index is -0.468. The van der Waals surface area contributed by atoms with E-state index in [0.717, 1.165) is 18.8 Å². The fourth-order valence-corrected chi connectivity index (χ4v) is 3.13. The number of Topliss-reactive ketones (excluding diaryl/α,β-unsaturated/α-hetero) is 1. The Bertz CT molecular complexity index is 533. The quantitative estimate of drug-likeness (QED) is 0.802. The Morgan fingerprint density at radius 3 is 2.43 bits per heavy atom. The summed E-state index contributed by atoms with van der Waals surface area (Å²) in [4.78, 5) is 15.2. The number of hydrogen-bond acceptors (Lipinski definition) is 4. The lowest BCUT2D eigenvalue weighted by molar-refractivity contribution is 0.0578. The minimum absolute atomic E-state index is 0.154. The molecule has 0 aliphatic carbocycles. The summed E-state index contributed by atoms with van der Waals surface area (Å²) in [5, 5.41) is 0. The van der Waals surface area contributed by atoms with Crippen LogP contribution in [-0.2, 0) is 0 Å². The molecule has 2 heterocycles. The summed E-state index contributed by atoms with van der Waals surface area (Å²) in [6.07, 6.45) is 3.63. The molecule has 0 spiro atoms. The maximum Gasteiger partial charge on any atom is 0.182 e. The fourth-order valence-electron chi connectivity index (χ4n) is 3.13. The predicted molar refractivity (Wildman–Crippen MR) is 81.3 cm³/mol. The summed E-state index contributed by atoms with van der Waals surface area (Å²) in [6.45, 7) is 7.17. The molecular weight excluding hydrogens is 266 g/mol. The lowest BCUT2D eigenvalue weighted by Crippen LogP contribution is -2.52. The van der Waals surface area contributed by atoms with Crippen LogP contribution in [0.1, 0.15) is 43.5 Å². The number of carbonyl (C=O) groups excluding carboxylic acids is 1. The Labute approximate surface area is 126 Å². The van der Waals surface area contributed by atoms with Crippen LogP contribution < -0.4 is 9.47 Å². The fraction of sp³-hybridized carbons (Fsp3) is 0.588. The third-order valence-electron chi connectivity index (χ3n) is 4.51. The number of ether oxygens (including phenoxy) is 2. The number of fused-ring (bicyclic) bond motifs is 1. The van der Waals surface area contributed by atoms with Gasteiger partial charge in [-0.1, -0.05) is 6.42 Å². The van der Waals surface area contributed by atoms with Gasteiger partial charge in [-0.3, -0.25) is 9.69 Å². The van der Waals surface area contributed by atoms with Gasteiger partial charge in [0.25, 0.3) is 0 Å². The lowest BCUT2D eigenvalue weighted by Gasteiger charge is -2.39. The van der Waals surface area contributed by atoms with Crippen LogP contribution in [0.25, 0.3) is 0 Å². The number of benzene rings is 1. The van der Waals surface area contributed by atoms with Gasteiger partial charge in [0, 0.05) is 5.56 Å². The Kier molecular flexibility index (Phi) is 3.89. The van der Waals surface area contributed by atoms with Gasteiger partial charge in [0.2, 0.25) is 0 Å². The number of carbonyl (C=O) groups is 1. The number of rotatable bonds is 3. The molecule has 1 saturated heterocycles. The van der Waals surface area contributed by atoms with Crippen LogP contribution in [0.3, 0.4) is 0 Å². The number of ketones is 1. The van der Waals surface area contributed by atoms with Crippen LogP contribution in [0.4, 0.5) is 0 Å². The van der Waals surface area contributed by atoms with Gasteiger partial charge in [0.1, 0.15) is 13.2 Å². The van der Waals surface area contributed by atoms with Crippen molar-refractivity contribution in [1.29, 1.82) is 0 Å². The highest BCUT2D eigenvalue weighted by Crippen LogP contribution is 2.33. The number of piperidine rings is 1. The van der Waals surface area contributed by atoms with Gasteiger partial charge in [0.15, 0.2) is 17.3 Å². The zero-order valence-electron chi connectivity index (χ0n) is 12.9. The van der Waals surface area contributed by atoms with Crippen molar-refractivity contribution in [2.24, 2.45) is 0 Å². The predicted octanol–water partition coefficient (Wildman–Crippen LogP) is 2.91. The first kappa shape index (κ1) is 14.4. The first-order valence-corrected chi connectivity index (χ1v) is 7.78. The molecule has 3 rings (SSSR count). The van der Waals surface area contributed by atoms with Crippen LogP contribution in [0.15, 0.2) is 18.2 Å². The number of likely N-dealkylation sites (tertiary alicyclic amines) is 1. The van der Waals surface area contributed by atoms with Crippen LogP contribution in [-0.4, -0.2) is 42.5 Å². The average molecular weight is 289 g/mol. The molecule has 4 heteroatoms. The first-order valence-electron chi connectivity index (χ1n) is 7.78. The van der Waals surface area contributed by atoms with Crippen molar-refractivity contribution in [1.82, 2.24) is 4.90 Å². The molecule has 1 aromatic carbocycles. The topological polar surface area (TPSA) is 38.8 Å². The zero-order chi connectivity index (χ0) is 14.9. The highest BCUT2D eigenvalue weighted by Gasteiger charge is 2.36. The maximum atomic E-state index is 12.9. The number of nitrogens with zero attached hydrogens (tertiary/aromatic N) is 1. The van der Waals surface area contributed by atoms with Crippen LogP contribution in [0.2, 0.25) is 0 Å². The van der Waals surface area contributed by atoms with Gasteiger partial charge in [0.05, 0.1) is 5.54 Å². The molecule has 2 aliphatic rings. The standard InChI is InChI=1S/C17H23NO3/c1-17(2,18-8-4-3-5-9-18)16(19)13-6-7-14-15(12-13)21-11-10-20-14/h6-7,12H,3-5,8-11H2,1-2H3. The minimum Gasteiger partial charge on any atom is -0.486 e. The third kappa shape index (κ3) is 2.77. The first-order chi connectivity index (χ1) is 10.1. The molecular formula is C17H23NO3. The summed E-state index contributed by atoms with van der Waals surface area (Å²) in [5.41, 5.74) is 0.235. The average Bonchev–Trinajstić information content (AvgIpc) is 2.54. The van der Waals surface area contributed by atoms with E-state index in [-0.39, 0.29) is 5.78 Å². The van der Waals surface area contributed by atoms with Crippen molar-refractivity contribution in [3.05, 3.63) is 23.8 Å². The molecule has 0 atom stereocenters. The molecule has 0 radical (unpaired) electrons. The molecule has 21 heavy (non-hydrogen) atoms. The van der Waals surface area contributed by atoms with E-state index in [4.69, 9.17) is 9.47 Å². The second-order valence-corrected chi connectivity index (χ2v) is 6.29. The van der Waals surface area contributed by atoms with Crippen LogP contribution in [0, 0.1) is 0 Å². The van der Waals surface area contributed by atoms with Gasteiger partial charge in [-0.2, -0.15) is 0 Å². The SMILES string of the molecule is CC(C)(C(=O)c1ccc2c(c1)OCCO2)N1CCCCC1. The highest BCUT2D eigenvalue weighted by molar-refractivity contribution is 6.03. The number of hydrogen-bond donors (Lipinski definition) is 0. The van der Waals surface area contributed by atoms with E-state index in [1.807, 2.05) is 32.0 Å². The molecule has 114 valence electrons. The molecule has 0 unspecified atom stereocenters. The summed E-state index contributed by atoms with van der Waals surface area (Å²) < 4.78 is 11.1. The van der Waals surface area contributed by atoms with E-state index in [0.29, 0.717) is 24.5 Å². The molecule has 0 bridgehead atoms. The molecule has 0 amide bonds. The van der Waals surface area contributed by atoms with Gasteiger partial charge >= 0.3 is 0 Å². The Balaban J connectivity index is 1.83. The molecule has 1 aromatic rings. The zero-order valence-corrected chi connectivity index (χ0v) is 12.9. The van der Waals surface area contributed by atoms with Gasteiger partial charge in [-0.15, -0.1) is 0 Å². The van der Waals surface area contributed by atoms with E-state index >= 15 is 0 Å². The maximum absolute atomic E-state index is 12.9. The summed E-state index contributed by atoms with van der Waals surface area (Å²) in [7, 11) is 0. The van der Waals surface area contributed by atoms with Crippen molar-refractivity contribution in [3.8, 4) is 11.5 Å². The van der Waals surface area contributed by atoms with E-state index in [9.17, 15) is 4.79 Å². The smallest absolute Gasteiger partial charge is 0.182 e. The monoisotopic (exact) mass is 289 g/mol. The van der Waals surface area contributed by atoms with Crippen LogP contribution in [0.5, 0.6) is 11.5 Å². The molecule has 0 aromatic heterocycles. The van der Waals surface area contributed by atoms with Gasteiger partial charge in [-0.05, 0) is 58.0 Å². The molecule has 0 saturated carbocycles. The molecule has 0 N–H and O–H groups in total. The van der Waals surface area contributed by atoms with Crippen molar-refractivity contribution in [3.63, 3.8) is 0 Å². The van der Waals surface area contributed by atoms with Gasteiger partial charge < -0.3 is 9.47 Å². The summed E-state index contributed by atoms with van der Waals surface area (Å²) >= 11 is 0. The largest absolute Gasteiger partial charge is 0.486 e. The Hall–Kier alpha value is -1.55. The van der Waals surface area contributed by atoms with Gasteiger partial charge in [-0.25, -0.2) is 0 Å². The summed E-state index contributed by atoms with van der Waals surface area (Å²) in [5.74, 6) is 1.57. The third-order valence-corrected chi connectivity index (χ3v) is 4.51. The van der Waals surface area contributed by atoms with E-state index in [1.165, 1.54) is 19.3 Å². The lowest BCUT2D eigenvalue weighted by atomic mass is 9.89. The van der Waals surface area contributed by atoms with Crippen molar-refractivity contribution >= 4 is 5.78 Å². The van der Waals surface area contributed by atoms with Crippen molar-refractivity contribution in [2.75, 3.05) is 26.3 Å². The Morgan fingerprint density at radius 2 is 1.71 bits per heavy atom. The second-order valence-electron chi connectivity index (χ2n) is 6.29. The van der Waals surface area contributed by atoms with E-state index in [1.54, 1.807) is 0 Å². The molecule has 2 aliphatic heterocycles. The van der Waals surface area contributed by atoms with Crippen molar-refractivity contribution < 1.29 is 14.3 Å². The Morgan fingerprint density at radius 1 is 1.05 bits per heavy atom. The summed E-state index contributed by atoms with van der Waals surface area (Å²) in [6, 6.07) is 5.51. The van der Waals surface area contributed by atoms with E-state index < -0.39 is 5.54 Å². The van der Waals surface area contributed by atoms with Crippen molar-refractivity contribution in [2.45, 2.75) is 38.6 Å². The normalized spacial score (nSPS) is 19.3.